The molecule has 0 amide bonds. The summed E-state index contributed by atoms with van der Waals surface area (Å²) in [6, 6.07) is 68.6. The molecular formula is C49H32N2OS. The maximum absolute atomic E-state index is 6.62. The zero-order valence-corrected chi connectivity index (χ0v) is 29.5. The molecule has 8 aromatic carbocycles. The van der Waals surface area contributed by atoms with Gasteiger partial charge in [-0.2, -0.15) is 0 Å². The second-order valence-corrected chi connectivity index (χ2v) is 14.3. The van der Waals surface area contributed by atoms with Crippen molar-refractivity contribution in [2.75, 3.05) is 4.90 Å². The van der Waals surface area contributed by atoms with Gasteiger partial charge in [-0.25, -0.2) is 4.98 Å². The summed E-state index contributed by atoms with van der Waals surface area (Å²) in [6.07, 6.45) is 0. The van der Waals surface area contributed by atoms with Crippen LogP contribution in [0.25, 0.3) is 76.1 Å². The van der Waals surface area contributed by atoms with Crippen LogP contribution in [0.4, 0.5) is 17.1 Å². The van der Waals surface area contributed by atoms with Crippen molar-refractivity contribution >= 4 is 59.7 Å². The van der Waals surface area contributed by atoms with E-state index in [0.717, 1.165) is 56.0 Å². The molecule has 0 N–H and O–H groups in total. The predicted molar refractivity (Wildman–Crippen MR) is 223 cm³/mol. The van der Waals surface area contributed by atoms with E-state index in [4.69, 9.17) is 9.40 Å². The minimum absolute atomic E-state index is 0.614. The second-order valence-electron chi connectivity index (χ2n) is 13.2. The van der Waals surface area contributed by atoms with Crippen LogP contribution in [0, 0.1) is 0 Å². The van der Waals surface area contributed by atoms with Crippen LogP contribution in [-0.4, -0.2) is 4.98 Å². The molecule has 0 atom stereocenters. The van der Waals surface area contributed by atoms with Crippen molar-refractivity contribution < 1.29 is 4.42 Å². The molecule has 0 aliphatic heterocycles. The summed E-state index contributed by atoms with van der Waals surface area (Å²) >= 11 is 1.84. The summed E-state index contributed by atoms with van der Waals surface area (Å²) in [4.78, 5) is 7.43. The summed E-state index contributed by atoms with van der Waals surface area (Å²) in [5.41, 5.74) is 12.4. The smallest absolute Gasteiger partial charge is 0.227 e. The van der Waals surface area contributed by atoms with Gasteiger partial charge in [0.25, 0.3) is 0 Å². The van der Waals surface area contributed by atoms with Gasteiger partial charge in [-0.15, -0.1) is 11.3 Å². The van der Waals surface area contributed by atoms with E-state index in [1.807, 2.05) is 47.7 Å². The largest absolute Gasteiger partial charge is 0.435 e. The number of hydrogen-bond donors (Lipinski definition) is 0. The number of anilines is 3. The highest BCUT2D eigenvalue weighted by Gasteiger charge is 2.20. The van der Waals surface area contributed by atoms with E-state index in [9.17, 15) is 0 Å². The van der Waals surface area contributed by atoms with Crippen LogP contribution in [0.5, 0.6) is 0 Å². The molecule has 10 aromatic rings. The number of fused-ring (bicyclic) bond motifs is 4. The van der Waals surface area contributed by atoms with Crippen molar-refractivity contribution in [1.29, 1.82) is 0 Å². The summed E-state index contributed by atoms with van der Waals surface area (Å²) in [7, 11) is 0. The zero-order valence-electron chi connectivity index (χ0n) is 28.7. The van der Waals surface area contributed by atoms with E-state index in [-0.39, 0.29) is 0 Å². The van der Waals surface area contributed by atoms with Crippen LogP contribution in [0.1, 0.15) is 0 Å². The van der Waals surface area contributed by atoms with Crippen molar-refractivity contribution in [1.82, 2.24) is 4.98 Å². The average Bonchev–Trinajstić information content (AvgIpc) is 3.85. The molecule has 0 aliphatic rings. The topological polar surface area (TPSA) is 29.3 Å². The lowest BCUT2D eigenvalue weighted by Crippen LogP contribution is -2.10. The molecule has 2 heterocycles. The number of nitrogens with zero attached hydrogens (tertiary/aromatic N) is 2. The number of aromatic nitrogens is 1. The summed E-state index contributed by atoms with van der Waals surface area (Å²) in [5.74, 6) is 0.614. The first-order chi connectivity index (χ1) is 26.3. The van der Waals surface area contributed by atoms with Gasteiger partial charge in [-0.05, 0) is 89.0 Å². The Labute approximate surface area is 311 Å². The van der Waals surface area contributed by atoms with Crippen molar-refractivity contribution in [3.8, 4) is 44.8 Å². The number of thiophene rings is 1. The Balaban J connectivity index is 1.11. The van der Waals surface area contributed by atoms with Gasteiger partial charge in [-0.1, -0.05) is 127 Å². The number of hydrogen-bond acceptors (Lipinski definition) is 4. The first-order valence-electron chi connectivity index (χ1n) is 17.8. The van der Waals surface area contributed by atoms with Crippen molar-refractivity contribution in [2.24, 2.45) is 0 Å². The maximum atomic E-state index is 6.62. The molecule has 0 bridgehead atoms. The quantitative estimate of drug-likeness (QED) is 0.166. The SMILES string of the molecule is c1ccc(-c2cccc(N(c3ccc(-c4ccc(-c5ccccc5)c5nc(-c6ccccc6)oc45)cc3)c3ccc4sc5ccccc5c4c3)c2)cc1. The first kappa shape index (κ1) is 31.0. The summed E-state index contributed by atoms with van der Waals surface area (Å²) in [6.45, 7) is 0. The van der Waals surface area contributed by atoms with Gasteiger partial charge in [0.1, 0.15) is 5.52 Å². The molecule has 250 valence electrons. The highest BCUT2D eigenvalue weighted by atomic mass is 32.1. The Hall–Kier alpha value is -6.75. The lowest BCUT2D eigenvalue weighted by Gasteiger charge is -2.26. The standard InChI is InChI=1S/C49H32N2OS/c1-4-13-33(14-5-1)37-19-12-20-39(31-37)51(40-27-30-46-44(32-40)43-21-10-11-22-45(43)53-46)38-25-23-35(24-26-38)42-29-28-41(34-15-6-2-7-16-34)47-48(42)52-49(50-47)36-17-8-3-9-18-36/h1-32H. The lowest BCUT2D eigenvalue weighted by molar-refractivity contribution is 0.621. The van der Waals surface area contributed by atoms with E-state index >= 15 is 0 Å². The third-order valence-electron chi connectivity index (χ3n) is 9.92. The minimum atomic E-state index is 0.614. The van der Waals surface area contributed by atoms with Crippen LogP contribution in [0.3, 0.4) is 0 Å². The summed E-state index contributed by atoms with van der Waals surface area (Å²) in [5, 5.41) is 2.55. The minimum Gasteiger partial charge on any atom is -0.435 e. The number of benzene rings is 8. The molecule has 0 aliphatic carbocycles. The van der Waals surface area contributed by atoms with Gasteiger partial charge in [0.05, 0.1) is 0 Å². The van der Waals surface area contributed by atoms with E-state index in [0.29, 0.717) is 5.89 Å². The van der Waals surface area contributed by atoms with Crippen molar-refractivity contribution in [3.63, 3.8) is 0 Å². The Morgan fingerprint density at radius 3 is 1.75 bits per heavy atom. The molecule has 3 nitrogen and oxygen atoms in total. The van der Waals surface area contributed by atoms with E-state index in [1.165, 1.54) is 31.3 Å². The predicted octanol–water partition coefficient (Wildman–Crippen LogP) is 14.3. The Kier molecular flexibility index (Phi) is 7.67. The van der Waals surface area contributed by atoms with Gasteiger partial charge < -0.3 is 9.32 Å². The van der Waals surface area contributed by atoms with Gasteiger partial charge in [0.15, 0.2) is 5.58 Å². The van der Waals surface area contributed by atoms with Gasteiger partial charge >= 0.3 is 0 Å². The van der Waals surface area contributed by atoms with Crippen LogP contribution in [-0.2, 0) is 0 Å². The maximum Gasteiger partial charge on any atom is 0.227 e. The molecule has 2 aromatic heterocycles. The molecule has 53 heavy (non-hydrogen) atoms. The molecule has 0 unspecified atom stereocenters. The third-order valence-corrected chi connectivity index (χ3v) is 11.1. The highest BCUT2D eigenvalue weighted by Crippen LogP contribution is 2.43. The monoisotopic (exact) mass is 696 g/mol. The van der Waals surface area contributed by atoms with Crippen LogP contribution in [0.15, 0.2) is 199 Å². The Bertz CT molecular complexity index is 2880. The van der Waals surface area contributed by atoms with Crippen LogP contribution in [0.2, 0.25) is 0 Å². The molecular weight excluding hydrogens is 665 g/mol. The van der Waals surface area contributed by atoms with E-state index in [1.54, 1.807) is 0 Å². The number of oxazole rings is 1. The number of rotatable bonds is 7. The summed E-state index contributed by atoms with van der Waals surface area (Å²) < 4.78 is 9.21. The van der Waals surface area contributed by atoms with Crippen molar-refractivity contribution in [3.05, 3.63) is 194 Å². The molecule has 0 spiro atoms. The Morgan fingerprint density at radius 2 is 0.981 bits per heavy atom. The lowest BCUT2D eigenvalue weighted by atomic mass is 9.98. The zero-order chi connectivity index (χ0) is 35.1. The van der Waals surface area contributed by atoms with E-state index < -0.39 is 0 Å². The molecule has 10 rings (SSSR count). The molecule has 0 saturated heterocycles. The molecule has 4 heteroatoms. The van der Waals surface area contributed by atoms with Gasteiger partial charge in [-0.3, -0.25) is 0 Å². The fourth-order valence-electron chi connectivity index (χ4n) is 7.33. The van der Waals surface area contributed by atoms with Crippen LogP contribution < -0.4 is 4.90 Å². The van der Waals surface area contributed by atoms with Gasteiger partial charge in [0, 0.05) is 53.9 Å². The fraction of sp³-hybridized carbons (Fsp3) is 0. The Morgan fingerprint density at radius 1 is 0.396 bits per heavy atom. The third kappa shape index (κ3) is 5.66. The average molecular weight is 697 g/mol. The van der Waals surface area contributed by atoms with Crippen LogP contribution >= 0.6 is 11.3 Å². The highest BCUT2D eigenvalue weighted by molar-refractivity contribution is 7.25. The molecule has 0 radical (unpaired) electrons. The second kappa shape index (κ2) is 13.1. The molecule has 0 saturated carbocycles. The first-order valence-corrected chi connectivity index (χ1v) is 18.6. The molecule has 0 fully saturated rings. The fourth-order valence-corrected chi connectivity index (χ4v) is 8.42. The van der Waals surface area contributed by atoms with Crippen molar-refractivity contribution in [2.45, 2.75) is 0 Å². The van der Waals surface area contributed by atoms with E-state index in [2.05, 4.69) is 163 Å². The normalized spacial score (nSPS) is 11.4. The van der Waals surface area contributed by atoms with Gasteiger partial charge in [0.2, 0.25) is 5.89 Å².